The molecular formula is C16H28F3N7O2S. The van der Waals surface area contributed by atoms with Gasteiger partial charge in [0.15, 0.2) is 5.96 Å². The van der Waals surface area contributed by atoms with Crippen LogP contribution in [0.1, 0.15) is 32.5 Å². The third-order valence-electron chi connectivity index (χ3n) is 4.71. The SMILES string of the molecule is CCNC(=NCC1CCN(S(=O)(=O)C(F)(F)F)CC1)NCCn1cnnc1CC. The molecule has 0 bridgehead atoms. The molecular weight excluding hydrogens is 411 g/mol. The van der Waals surface area contributed by atoms with Crippen molar-refractivity contribution in [2.75, 3.05) is 32.7 Å². The number of guanidine groups is 1. The van der Waals surface area contributed by atoms with Crippen molar-refractivity contribution in [3.05, 3.63) is 12.2 Å². The number of aliphatic imine (C=N–C) groups is 1. The highest BCUT2D eigenvalue weighted by molar-refractivity contribution is 7.90. The lowest BCUT2D eigenvalue weighted by Crippen LogP contribution is -2.45. The Morgan fingerprint density at radius 1 is 1.28 bits per heavy atom. The van der Waals surface area contributed by atoms with E-state index in [1.807, 2.05) is 18.4 Å². The van der Waals surface area contributed by atoms with E-state index < -0.39 is 15.5 Å². The van der Waals surface area contributed by atoms with E-state index in [0.29, 0.717) is 49.3 Å². The molecule has 1 aromatic heterocycles. The van der Waals surface area contributed by atoms with Gasteiger partial charge in [-0.1, -0.05) is 6.92 Å². The molecule has 13 heteroatoms. The second kappa shape index (κ2) is 10.2. The predicted octanol–water partition coefficient (Wildman–Crippen LogP) is 0.957. The van der Waals surface area contributed by atoms with Crippen LogP contribution in [0.5, 0.6) is 0 Å². The van der Waals surface area contributed by atoms with Crippen LogP contribution in [0.3, 0.4) is 0 Å². The molecule has 0 unspecified atom stereocenters. The molecule has 166 valence electrons. The molecule has 0 spiro atoms. The first-order valence-corrected chi connectivity index (χ1v) is 11.1. The maximum absolute atomic E-state index is 12.6. The number of hydrogen-bond acceptors (Lipinski definition) is 5. The highest BCUT2D eigenvalue weighted by Crippen LogP contribution is 2.30. The zero-order valence-electron chi connectivity index (χ0n) is 16.6. The molecule has 2 heterocycles. The van der Waals surface area contributed by atoms with Crippen molar-refractivity contribution in [3.8, 4) is 0 Å². The Hall–Kier alpha value is -1.89. The molecule has 2 N–H and O–H groups in total. The van der Waals surface area contributed by atoms with E-state index in [2.05, 4.69) is 25.8 Å². The van der Waals surface area contributed by atoms with Crippen LogP contribution in [0.4, 0.5) is 13.2 Å². The number of alkyl halides is 3. The van der Waals surface area contributed by atoms with Crippen LogP contribution in [-0.2, 0) is 23.0 Å². The number of halogens is 3. The van der Waals surface area contributed by atoms with Crippen molar-refractivity contribution < 1.29 is 21.6 Å². The predicted molar refractivity (Wildman–Crippen MR) is 103 cm³/mol. The summed E-state index contributed by atoms with van der Waals surface area (Å²) in [6.07, 6.45) is 3.15. The van der Waals surface area contributed by atoms with Gasteiger partial charge >= 0.3 is 15.5 Å². The van der Waals surface area contributed by atoms with E-state index in [9.17, 15) is 21.6 Å². The molecule has 29 heavy (non-hydrogen) atoms. The van der Waals surface area contributed by atoms with Crippen molar-refractivity contribution in [3.63, 3.8) is 0 Å². The van der Waals surface area contributed by atoms with Crippen molar-refractivity contribution in [1.82, 2.24) is 29.7 Å². The number of sulfonamides is 1. The lowest BCUT2D eigenvalue weighted by Gasteiger charge is -2.30. The first kappa shape index (κ1) is 23.4. The molecule has 1 aliphatic heterocycles. The fourth-order valence-corrected chi connectivity index (χ4v) is 4.06. The molecule has 2 rings (SSSR count). The Kier molecular flexibility index (Phi) is 8.25. The summed E-state index contributed by atoms with van der Waals surface area (Å²) in [5.41, 5.74) is -5.25. The van der Waals surface area contributed by atoms with Gasteiger partial charge in [-0.3, -0.25) is 4.99 Å². The molecule has 0 atom stereocenters. The fraction of sp³-hybridized carbons (Fsp3) is 0.812. The number of nitrogens with one attached hydrogen (secondary N) is 2. The van der Waals surface area contributed by atoms with Gasteiger partial charge in [0.05, 0.1) is 0 Å². The van der Waals surface area contributed by atoms with Crippen LogP contribution < -0.4 is 10.6 Å². The minimum absolute atomic E-state index is 0.0367. The minimum Gasteiger partial charge on any atom is -0.357 e. The molecule has 1 aromatic rings. The molecule has 0 saturated carbocycles. The number of rotatable bonds is 8. The van der Waals surface area contributed by atoms with Crippen LogP contribution >= 0.6 is 0 Å². The van der Waals surface area contributed by atoms with Crippen LogP contribution in [0.25, 0.3) is 0 Å². The third-order valence-corrected chi connectivity index (χ3v) is 6.34. The van der Waals surface area contributed by atoms with E-state index in [1.165, 1.54) is 0 Å². The molecule has 0 amide bonds. The highest BCUT2D eigenvalue weighted by Gasteiger charge is 2.50. The van der Waals surface area contributed by atoms with Crippen molar-refractivity contribution >= 4 is 16.0 Å². The summed E-state index contributed by atoms with van der Waals surface area (Å²) in [7, 11) is -5.24. The monoisotopic (exact) mass is 439 g/mol. The van der Waals surface area contributed by atoms with Gasteiger partial charge in [0, 0.05) is 45.7 Å². The second-order valence-electron chi connectivity index (χ2n) is 6.73. The van der Waals surface area contributed by atoms with E-state index in [-0.39, 0.29) is 19.0 Å². The van der Waals surface area contributed by atoms with Gasteiger partial charge in [0.25, 0.3) is 0 Å². The number of aryl methyl sites for hydroxylation is 1. The molecule has 0 aliphatic carbocycles. The fourth-order valence-electron chi connectivity index (χ4n) is 3.07. The van der Waals surface area contributed by atoms with E-state index in [1.54, 1.807) is 6.33 Å². The van der Waals surface area contributed by atoms with Gasteiger partial charge in [0.2, 0.25) is 0 Å². The lowest BCUT2D eigenvalue weighted by molar-refractivity contribution is -0.0496. The van der Waals surface area contributed by atoms with Gasteiger partial charge in [-0.05, 0) is 25.7 Å². The van der Waals surface area contributed by atoms with Gasteiger partial charge in [-0.2, -0.15) is 17.5 Å². The zero-order chi connectivity index (χ0) is 21.5. The van der Waals surface area contributed by atoms with Gasteiger partial charge in [-0.25, -0.2) is 8.42 Å². The summed E-state index contributed by atoms with van der Waals surface area (Å²) in [6, 6.07) is 0. The first-order chi connectivity index (χ1) is 13.7. The van der Waals surface area contributed by atoms with Gasteiger partial charge < -0.3 is 15.2 Å². The topological polar surface area (TPSA) is 105 Å². The van der Waals surface area contributed by atoms with Crippen LogP contribution in [0.2, 0.25) is 0 Å². The Morgan fingerprint density at radius 2 is 1.97 bits per heavy atom. The summed E-state index contributed by atoms with van der Waals surface area (Å²) < 4.78 is 63.3. The lowest BCUT2D eigenvalue weighted by atomic mass is 9.98. The second-order valence-corrected chi connectivity index (χ2v) is 8.66. The highest BCUT2D eigenvalue weighted by atomic mass is 32.2. The smallest absolute Gasteiger partial charge is 0.357 e. The summed E-state index contributed by atoms with van der Waals surface area (Å²) in [5, 5.41) is 14.2. The quantitative estimate of drug-likeness (QED) is 0.462. The summed E-state index contributed by atoms with van der Waals surface area (Å²) in [5.74, 6) is 1.55. The van der Waals surface area contributed by atoms with Crippen molar-refractivity contribution in [1.29, 1.82) is 0 Å². The Balaban J connectivity index is 1.83. The number of aromatic nitrogens is 3. The standard InChI is InChI=1S/C16H28F3N7O2S/c1-3-14-24-23-12-25(14)10-7-21-15(20-4-2)22-11-13-5-8-26(9-6-13)29(27,28)16(17,18)19/h12-13H,3-11H2,1-2H3,(H2,20,21,22). The Morgan fingerprint density at radius 3 is 2.55 bits per heavy atom. The molecule has 0 aromatic carbocycles. The third kappa shape index (κ3) is 6.29. The first-order valence-electron chi connectivity index (χ1n) is 9.64. The Bertz CT molecular complexity index is 772. The molecule has 1 fully saturated rings. The average molecular weight is 440 g/mol. The van der Waals surface area contributed by atoms with E-state index in [4.69, 9.17) is 0 Å². The van der Waals surface area contributed by atoms with Gasteiger partial charge in [-0.15, -0.1) is 10.2 Å². The summed E-state index contributed by atoms with van der Waals surface area (Å²) in [6.45, 7) is 6.03. The zero-order valence-corrected chi connectivity index (χ0v) is 17.4. The maximum atomic E-state index is 12.6. The van der Waals surface area contributed by atoms with E-state index >= 15 is 0 Å². The molecule has 9 nitrogen and oxygen atoms in total. The van der Waals surface area contributed by atoms with Crippen LogP contribution in [0.15, 0.2) is 11.3 Å². The van der Waals surface area contributed by atoms with Crippen molar-refractivity contribution in [2.45, 2.75) is 45.2 Å². The number of nitrogens with zero attached hydrogens (tertiary/aromatic N) is 5. The summed E-state index contributed by atoms with van der Waals surface area (Å²) >= 11 is 0. The van der Waals surface area contributed by atoms with Gasteiger partial charge in [0.1, 0.15) is 12.2 Å². The van der Waals surface area contributed by atoms with Crippen LogP contribution in [-0.4, -0.2) is 71.7 Å². The van der Waals surface area contributed by atoms with E-state index in [0.717, 1.165) is 12.2 Å². The largest absolute Gasteiger partial charge is 0.511 e. The molecule has 0 radical (unpaired) electrons. The normalized spacial score (nSPS) is 17.5. The number of hydrogen-bond donors (Lipinski definition) is 2. The Labute approximate surface area is 168 Å². The van der Waals surface area contributed by atoms with Crippen LogP contribution in [0, 0.1) is 5.92 Å². The summed E-state index contributed by atoms with van der Waals surface area (Å²) in [4.78, 5) is 4.50. The van der Waals surface area contributed by atoms with Crippen molar-refractivity contribution in [2.24, 2.45) is 10.9 Å². The molecule has 1 saturated heterocycles. The maximum Gasteiger partial charge on any atom is 0.511 e. The average Bonchev–Trinajstić information content (AvgIpc) is 3.13. The molecule has 1 aliphatic rings. The minimum atomic E-state index is -5.25. The number of piperidine rings is 1.